The summed E-state index contributed by atoms with van der Waals surface area (Å²) in [7, 11) is 0. The molecule has 0 bridgehead atoms. The Morgan fingerprint density at radius 2 is 1.95 bits per heavy atom. The van der Waals surface area contributed by atoms with Crippen LogP contribution in [0, 0.1) is 6.92 Å². The van der Waals surface area contributed by atoms with Crippen molar-refractivity contribution in [1.29, 1.82) is 0 Å². The van der Waals surface area contributed by atoms with E-state index in [1.807, 2.05) is 11.1 Å². The van der Waals surface area contributed by atoms with E-state index in [-0.39, 0.29) is 5.91 Å². The van der Waals surface area contributed by atoms with E-state index < -0.39 is 0 Å². The molecule has 1 aliphatic heterocycles. The van der Waals surface area contributed by atoms with Gasteiger partial charge in [-0.2, -0.15) is 0 Å². The molecule has 3 rings (SSSR count). The van der Waals surface area contributed by atoms with Gasteiger partial charge in [-0.05, 0) is 37.0 Å². The second kappa shape index (κ2) is 5.70. The van der Waals surface area contributed by atoms with Gasteiger partial charge in [0.05, 0.1) is 6.42 Å². The molecular weight excluding hydrogens is 248 g/mol. The molecule has 3 heteroatoms. The highest BCUT2D eigenvalue weighted by Crippen LogP contribution is 2.21. The number of aromatic amines is 1. The summed E-state index contributed by atoms with van der Waals surface area (Å²) in [6, 6.07) is 6.36. The average molecular weight is 270 g/mol. The molecule has 20 heavy (non-hydrogen) atoms. The molecule has 1 saturated heterocycles. The molecule has 3 nitrogen and oxygen atoms in total. The van der Waals surface area contributed by atoms with Gasteiger partial charge in [-0.1, -0.05) is 25.0 Å². The first-order valence-electron chi connectivity index (χ1n) is 7.58. The first-order chi connectivity index (χ1) is 9.74. The maximum atomic E-state index is 12.4. The average Bonchev–Trinajstić information content (AvgIpc) is 2.66. The van der Waals surface area contributed by atoms with Gasteiger partial charge in [-0.25, -0.2) is 0 Å². The normalized spacial score (nSPS) is 16.4. The van der Waals surface area contributed by atoms with E-state index >= 15 is 0 Å². The number of aromatic nitrogens is 1. The fourth-order valence-corrected chi connectivity index (χ4v) is 3.04. The Balaban J connectivity index is 1.76. The third kappa shape index (κ3) is 2.72. The second-order valence-corrected chi connectivity index (χ2v) is 5.83. The van der Waals surface area contributed by atoms with E-state index in [0.29, 0.717) is 6.42 Å². The molecule has 0 aliphatic carbocycles. The van der Waals surface area contributed by atoms with Crippen LogP contribution in [0.4, 0.5) is 0 Å². The number of carbonyl (C=O) groups is 1. The summed E-state index contributed by atoms with van der Waals surface area (Å²) < 4.78 is 0. The van der Waals surface area contributed by atoms with Crippen molar-refractivity contribution < 1.29 is 4.79 Å². The number of hydrogen-bond donors (Lipinski definition) is 1. The van der Waals surface area contributed by atoms with Gasteiger partial charge < -0.3 is 9.88 Å². The number of benzene rings is 1. The molecule has 2 aromatic rings. The molecule has 1 amide bonds. The molecule has 1 aliphatic rings. The van der Waals surface area contributed by atoms with Gasteiger partial charge in [0.15, 0.2) is 0 Å². The van der Waals surface area contributed by atoms with Crippen LogP contribution in [0.15, 0.2) is 24.4 Å². The van der Waals surface area contributed by atoms with E-state index in [0.717, 1.165) is 37.0 Å². The number of carbonyl (C=O) groups excluding carboxylic acids is 1. The fourth-order valence-electron chi connectivity index (χ4n) is 3.04. The zero-order chi connectivity index (χ0) is 13.9. The molecule has 1 N–H and O–H groups in total. The van der Waals surface area contributed by atoms with Crippen LogP contribution in [0.5, 0.6) is 0 Å². The van der Waals surface area contributed by atoms with Crippen LogP contribution >= 0.6 is 0 Å². The molecule has 0 radical (unpaired) electrons. The van der Waals surface area contributed by atoms with Gasteiger partial charge in [-0.15, -0.1) is 0 Å². The highest BCUT2D eigenvalue weighted by atomic mass is 16.2. The Morgan fingerprint density at radius 3 is 2.70 bits per heavy atom. The van der Waals surface area contributed by atoms with Crippen LogP contribution in [0.1, 0.15) is 36.8 Å². The number of amides is 1. The number of rotatable bonds is 2. The summed E-state index contributed by atoms with van der Waals surface area (Å²) >= 11 is 0. The molecule has 106 valence electrons. The summed E-state index contributed by atoms with van der Waals surface area (Å²) in [4.78, 5) is 17.8. The third-order valence-corrected chi connectivity index (χ3v) is 4.22. The lowest BCUT2D eigenvalue weighted by Crippen LogP contribution is -2.33. The number of fused-ring (bicyclic) bond motifs is 1. The lowest BCUT2D eigenvalue weighted by molar-refractivity contribution is -0.130. The van der Waals surface area contributed by atoms with Gasteiger partial charge in [0.2, 0.25) is 5.91 Å². The summed E-state index contributed by atoms with van der Waals surface area (Å²) in [5.41, 5.74) is 3.49. The van der Waals surface area contributed by atoms with Crippen LogP contribution < -0.4 is 0 Å². The number of nitrogens with one attached hydrogen (secondary N) is 1. The van der Waals surface area contributed by atoms with Crippen LogP contribution in [0.25, 0.3) is 10.9 Å². The van der Waals surface area contributed by atoms with Crippen LogP contribution in [-0.4, -0.2) is 28.9 Å². The quantitative estimate of drug-likeness (QED) is 0.891. The first-order valence-corrected chi connectivity index (χ1v) is 7.58. The second-order valence-electron chi connectivity index (χ2n) is 5.83. The molecule has 0 unspecified atom stereocenters. The summed E-state index contributed by atoms with van der Waals surface area (Å²) in [6.07, 6.45) is 7.33. The Hall–Kier alpha value is -1.77. The standard InChI is InChI=1S/C17H22N2O/c1-13-6-7-15-14(12-18-16(15)10-13)11-17(20)19-8-4-2-3-5-9-19/h6-7,10,12,18H,2-5,8-9,11H2,1H3. The number of nitrogens with zero attached hydrogens (tertiary/aromatic N) is 1. The molecular formula is C17H22N2O. The van der Waals surface area contributed by atoms with E-state index in [2.05, 4.69) is 30.1 Å². The van der Waals surface area contributed by atoms with Crippen molar-refractivity contribution in [2.24, 2.45) is 0 Å². The molecule has 1 aromatic carbocycles. The van der Waals surface area contributed by atoms with Crippen molar-refractivity contribution in [3.8, 4) is 0 Å². The van der Waals surface area contributed by atoms with Crippen molar-refractivity contribution in [2.75, 3.05) is 13.1 Å². The van der Waals surface area contributed by atoms with E-state index in [1.165, 1.54) is 23.8 Å². The molecule has 0 spiro atoms. The molecule has 0 saturated carbocycles. The SMILES string of the molecule is Cc1ccc2c(CC(=O)N3CCCCCC3)c[nH]c2c1. The van der Waals surface area contributed by atoms with E-state index in [1.54, 1.807) is 0 Å². The lowest BCUT2D eigenvalue weighted by Gasteiger charge is -2.20. The summed E-state index contributed by atoms with van der Waals surface area (Å²) in [5.74, 6) is 0.272. The maximum Gasteiger partial charge on any atom is 0.227 e. The Kier molecular flexibility index (Phi) is 3.77. The Bertz CT molecular complexity index is 606. The fraction of sp³-hybridized carbons (Fsp3) is 0.471. The van der Waals surface area contributed by atoms with E-state index in [4.69, 9.17) is 0 Å². The third-order valence-electron chi connectivity index (χ3n) is 4.22. The van der Waals surface area contributed by atoms with Crippen LogP contribution in [0.3, 0.4) is 0 Å². The molecule has 0 atom stereocenters. The van der Waals surface area contributed by atoms with Crippen molar-refractivity contribution >= 4 is 16.8 Å². The Labute approximate surface area is 120 Å². The highest BCUT2D eigenvalue weighted by molar-refractivity contribution is 5.89. The largest absolute Gasteiger partial charge is 0.361 e. The van der Waals surface area contributed by atoms with Gasteiger partial charge in [0.1, 0.15) is 0 Å². The number of aryl methyl sites for hydroxylation is 1. The predicted molar refractivity (Wildman–Crippen MR) is 81.8 cm³/mol. The van der Waals surface area contributed by atoms with Crippen molar-refractivity contribution in [3.05, 3.63) is 35.5 Å². The summed E-state index contributed by atoms with van der Waals surface area (Å²) in [6.45, 7) is 3.95. The molecule has 1 aromatic heterocycles. The van der Waals surface area contributed by atoms with Gasteiger partial charge in [0.25, 0.3) is 0 Å². The monoisotopic (exact) mass is 270 g/mol. The van der Waals surface area contributed by atoms with Crippen LogP contribution in [-0.2, 0) is 11.2 Å². The van der Waals surface area contributed by atoms with Crippen LogP contribution in [0.2, 0.25) is 0 Å². The topological polar surface area (TPSA) is 36.1 Å². The Morgan fingerprint density at radius 1 is 1.20 bits per heavy atom. The zero-order valence-electron chi connectivity index (χ0n) is 12.1. The van der Waals surface area contributed by atoms with Crippen molar-refractivity contribution in [1.82, 2.24) is 9.88 Å². The van der Waals surface area contributed by atoms with E-state index in [9.17, 15) is 4.79 Å². The number of likely N-dealkylation sites (tertiary alicyclic amines) is 1. The molecule has 2 heterocycles. The minimum atomic E-state index is 0.272. The minimum Gasteiger partial charge on any atom is -0.361 e. The lowest BCUT2D eigenvalue weighted by atomic mass is 10.1. The van der Waals surface area contributed by atoms with Crippen molar-refractivity contribution in [2.45, 2.75) is 39.0 Å². The van der Waals surface area contributed by atoms with Gasteiger partial charge in [-0.3, -0.25) is 4.79 Å². The number of hydrogen-bond acceptors (Lipinski definition) is 1. The van der Waals surface area contributed by atoms with Gasteiger partial charge >= 0.3 is 0 Å². The zero-order valence-corrected chi connectivity index (χ0v) is 12.1. The highest BCUT2D eigenvalue weighted by Gasteiger charge is 2.17. The maximum absolute atomic E-state index is 12.4. The molecule has 1 fully saturated rings. The minimum absolute atomic E-state index is 0.272. The summed E-state index contributed by atoms with van der Waals surface area (Å²) in [5, 5.41) is 1.18. The first kappa shape index (κ1) is 13.2. The number of H-pyrrole nitrogens is 1. The van der Waals surface area contributed by atoms with Crippen molar-refractivity contribution in [3.63, 3.8) is 0 Å². The van der Waals surface area contributed by atoms with Gasteiger partial charge in [0, 0.05) is 30.2 Å². The smallest absolute Gasteiger partial charge is 0.227 e. The predicted octanol–water partition coefficient (Wildman–Crippen LogP) is 3.42.